The van der Waals surface area contributed by atoms with Gasteiger partial charge in [-0.05, 0) is 43.4 Å². The summed E-state index contributed by atoms with van der Waals surface area (Å²) in [7, 11) is 0. The summed E-state index contributed by atoms with van der Waals surface area (Å²) in [5.74, 6) is -0.259. The van der Waals surface area contributed by atoms with Crippen molar-refractivity contribution in [1.82, 2.24) is 5.32 Å². The third-order valence-corrected chi connectivity index (χ3v) is 5.52. The van der Waals surface area contributed by atoms with E-state index in [1.807, 2.05) is 0 Å². The van der Waals surface area contributed by atoms with Gasteiger partial charge < -0.3 is 10.4 Å². The highest BCUT2D eigenvalue weighted by Gasteiger charge is 2.24. The molecule has 2 aromatic rings. The summed E-state index contributed by atoms with van der Waals surface area (Å²) < 4.78 is 13.9. The Labute approximate surface area is 130 Å². The average Bonchev–Trinajstić information content (AvgIpc) is 3.00. The quantitative estimate of drug-likeness (QED) is 0.905. The van der Waals surface area contributed by atoms with Crippen molar-refractivity contribution in [2.45, 2.75) is 25.4 Å². The van der Waals surface area contributed by atoms with E-state index in [-0.39, 0.29) is 17.8 Å². The van der Waals surface area contributed by atoms with Crippen molar-refractivity contribution in [2.24, 2.45) is 5.92 Å². The van der Waals surface area contributed by atoms with Gasteiger partial charge in [0, 0.05) is 16.6 Å². The molecule has 1 amide bonds. The normalized spacial score (nSPS) is 21.9. The summed E-state index contributed by atoms with van der Waals surface area (Å²) in [5.41, 5.74) is 0. The van der Waals surface area contributed by atoms with Crippen LogP contribution >= 0.6 is 22.9 Å². The Bertz CT molecular complexity index is 688. The van der Waals surface area contributed by atoms with Gasteiger partial charge in [0.05, 0.1) is 11.1 Å². The molecule has 0 spiro atoms. The van der Waals surface area contributed by atoms with Crippen LogP contribution < -0.4 is 5.32 Å². The molecule has 6 heteroatoms. The van der Waals surface area contributed by atoms with Crippen molar-refractivity contribution in [3.05, 3.63) is 33.9 Å². The largest absolute Gasteiger partial charge is 0.393 e. The van der Waals surface area contributed by atoms with Crippen LogP contribution in [-0.4, -0.2) is 23.7 Å². The number of halogens is 2. The molecule has 1 aromatic heterocycles. The Morgan fingerprint density at radius 2 is 2.29 bits per heavy atom. The highest BCUT2D eigenvalue weighted by atomic mass is 35.5. The van der Waals surface area contributed by atoms with E-state index in [1.54, 1.807) is 6.07 Å². The van der Waals surface area contributed by atoms with Crippen molar-refractivity contribution in [2.75, 3.05) is 6.54 Å². The minimum atomic E-state index is -0.340. The van der Waals surface area contributed by atoms with Crippen LogP contribution in [0.3, 0.4) is 0 Å². The fourth-order valence-corrected chi connectivity index (χ4v) is 4.19. The number of carbonyl (C=O) groups is 1. The van der Waals surface area contributed by atoms with Crippen LogP contribution in [0.15, 0.2) is 18.2 Å². The van der Waals surface area contributed by atoms with E-state index in [0.717, 1.165) is 19.3 Å². The molecule has 2 N–H and O–H groups in total. The second kappa shape index (κ2) is 5.91. The van der Waals surface area contributed by atoms with E-state index >= 15 is 0 Å². The molecule has 2 unspecified atom stereocenters. The van der Waals surface area contributed by atoms with Crippen LogP contribution in [0, 0.1) is 11.7 Å². The maximum Gasteiger partial charge on any atom is 0.262 e. The molecule has 1 aliphatic carbocycles. The number of fused-ring (bicyclic) bond motifs is 1. The number of hydrogen-bond donors (Lipinski definition) is 2. The van der Waals surface area contributed by atoms with E-state index in [1.165, 1.54) is 23.5 Å². The fraction of sp³-hybridized carbons (Fsp3) is 0.400. The van der Waals surface area contributed by atoms with E-state index in [4.69, 9.17) is 11.6 Å². The first kappa shape index (κ1) is 14.8. The number of hydrogen-bond acceptors (Lipinski definition) is 3. The number of carbonyl (C=O) groups excluding carboxylic acids is 1. The Balaban J connectivity index is 1.74. The number of nitrogens with one attached hydrogen (secondary N) is 1. The van der Waals surface area contributed by atoms with Crippen LogP contribution in [0.25, 0.3) is 10.1 Å². The highest BCUT2D eigenvalue weighted by molar-refractivity contribution is 7.21. The van der Waals surface area contributed by atoms with Crippen molar-refractivity contribution in [1.29, 1.82) is 0 Å². The van der Waals surface area contributed by atoms with Gasteiger partial charge in [-0.3, -0.25) is 4.79 Å². The molecule has 0 aliphatic heterocycles. The summed E-state index contributed by atoms with van der Waals surface area (Å²) >= 11 is 7.41. The maximum absolute atomic E-state index is 13.2. The van der Waals surface area contributed by atoms with Crippen LogP contribution in [0.5, 0.6) is 0 Å². The maximum atomic E-state index is 13.2. The van der Waals surface area contributed by atoms with Gasteiger partial charge in [-0.15, -0.1) is 11.3 Å². The van der Waals surface area contributed by atoms with Crippen molar-refractivity contribution >= 4 is 38.9 Å². The Morgan fingerprint density at radius 1 is 1.48 bits per heavy atom. The molecule has 112 valence electrons. The molecular formula is C15H15ClFNO2S. The van der Waals surface area contributed by atoms with Crippen molar-refractivity contribution in [3.8, 4) is 0 Å². The molecule has 3 rings (SSSR count). The van der Waals surface area contributed by atoms with Crippen molar-refractivity contribution in [3.63, 3.8) is 0 Å². The first-order valence-corrected chi connectivity index (χ1v) is 8.08. The Hall–Kier alpha value is -1.17. The molecule has 0 saturated heterocycles. The monoisotopic (exact) mass is 327 g/mol. The number of rotatable bonds is 3. The fourth-order valence-electron chi connectivity index (χ4n) is 2.74. The van der Waals surface area contributed by atoms with Gasteiger partial charge in [0.25, 0.3) is 5.91 Å². The van der Waals surface area contributed by atoms with Crippen molar-refractivity contribution < 1.29 is 14.3 Å². The van der Waals surface area contributed by atoms with E-state index in [2.05, 4.69) is 5.32 Å². The lowest BCUT2D eigenvalue weighted by Crippen LogP contribution is -2.28. The molecule has 0 radical (unpaired) electrons. The molecule has 1 saturated carbocycles. The third kappa shape index (κ3) is 3.05. The second-order valence-electron chi connectivity index (χ2n) is 5.43. The zero-order valence-corrected chi connectivity index (χ0v) is 12.8. The zero-order valence-electron chi connectivity index (χ0n) is 11.2. The molecule has 1 aliphatic rings. The number of aliphatic hydroxyl groups excluding tert-OH is 1. The smallest absolute Gasteiger partial charge is 0.262 e. The number of aliphatic hydroxyl groups is 1. The lowest BCUT2D eigenvalue weighted by molar-refractivity contribution is 0.0949. The number of benzene rings is 1. The third-order valence-electron chi connectivity index (χ3n) is 3.86. The van der Waals surface area contributed by atoms with Gasteiger partial charge >= 0.3 is 0 Å². The van der Waals surface area contributed by atoms with Crippen LogP contribution in [0.4, 0.5) is 4.39 Å². The van der Waals surface area contributed by atoms with E-state index in [0.29, 0.717) is 32.4 Å². The minimum Gasteiger partial charge on any atom is -0.393 e. The molecule has 1 fully saturated rings. The Kier molecular flexibility index (Phi) is 4.15. The predicted molar refractivity (Wildman–Crippen MR) is 82.5 cm³/mol. The minimum absolute atomic E-state index is 0.233. The van der Waals surface area contributed by atoms with E-state index in [9.17, 15) is 14.3 Å². The molecular weight excluding hydrogens is 313 g/mol. The Morgan fingerprint density at radius 3 is 3.00 bits per heavy atom. The summed E-state index contributed by atoms with van der Waals surface area (Å²) in [4.78, 5) is 12.6. The van der Waals surface area contributed by atoms with Gasteiger partial charge in [-0.1, -0.05) is 11.6 Å². The second-order valence-corrected chi connectivity index (χ2v) is 6.86. The molecule has 1 aromatic carbocycles. The zero-order chi connectivity index (χ0) is 15.0. The summed E-state index contributed by atoms with van der Waals surface area (Å²) in [6.07, 6.45) is 2.20. The topological polar surface area (TPSA) is 49.3 Å². The molecule has 2 atom stereocenters. The lowest BCUT2D eigenvalue weighted by Gasteiger charge is -2.10. The van der Waals surface area contributed by atoms with Gasteiger partial charge in [-0.25, -0.2) is 4.39 Å². The van der Waals surface area contributed by atoms with Crippen LogP contribution in [0.1, 0.15) is 28.9 Å². The van der Waals surface area contributed by atoms with Crippen LogP contribution in [0.2, 0.25) is 5.02 Å². The summed E-state index contributed by atoms with van der Waals surface area (Å²) in [5, 5.41) is 13.4. The van der Waals surface area contributed by atoms with Gasteiger partial charge in [0.15, 0.2) is 0 Å². The van der Waals surface area contributed by atoms with Crippen LogP contribution in [-0.2, 0) is 0 Å². The first-order chi connectivity index (χ1) is 10.0. The predicted octanol–water partition coefficient (Wildman–Crippen LogP) is 3.58. The standard InChI is InChI=1S/C15H15ClFNO2S/c16-13-11-4-2-9(17)6-12(11)21-14(13)15(20)18-7-8-1-3-10(19)5-8/h2,4,6,8,10,19H,1,3,5,7H2,(H,18,20). The van der Waals surface area contributed by atoms with Gasteiger partial charge in [0.2, 0.25) is 0 Å². The molecule has 21 heavy (non-hydrogen) atoms. The molecule has 3 nitrogen and oxygen atoms in total. The molecule has 0 bridgehead atoms. The van der Waals surface area contributed by atoms with E-state index < -0.39 is 0 Å². The summed E-state index contributed by atoms with van der Waals surface area (Å²) in [6, 6.07) is 4.31. The van der Waals surface area contributed by atoms with Gasteiger partial charge in [-0.2, -0.15) is 0 Å². The number of thiophene rings is 1. The summed E-state index contributed by atoms with van der Waals surface area (Å²) in [6.45, 7) is 0.537. The SMILES string of the molecule is O=C(NCC1CCC(O)C1)c1sc2cc(F)ccc2c1Cl. The first-order valence-electron chi connectivity index (χ1n) is 6.88. The lowest BCUT2D eigenvalue weighted by atomic mass is 10.1. The van der Waals surface area contributed by atoms with Gasteiger partial charge in [0.1, 0.15) is 10.7 Å². The molecule has 1 heterocycles. The number of amides is 1. The average molecular weight is 328 g/mol. The highest BCUT2D eigenvalue weighted by Crippen LogP contribution is 2.35.